The van der Waals surface area contributed by atoms with Crippen molar-refractivity contribution in [2.24, 2.45) is 0 Å². The molecular weight excluding hydrogens is 358 g/mol. The number of hydrogen-bond acceptors (Lipinski definition) is 3. The molecular formula is C25H23N3O. The first-order chi connectivity index (χ1) is 14.3. The first kappa shape index (κ1) is 17.8. The lowest BCUT2D eigenvalue weighted by Crippen LogP contribution is -2.48. The Morgan fingerprint density at radius 3 is 2.41 bits per heavy atom. The summed E-state index contributed by atoms with van der Waals surface area (Å²) in [5.74, 6) is 0.0825. The minimum Gasteiger partial charge on any atom is -0.336 e. The molecule has 1 aliphatic heterocycles. The van der Waals surface area contributed by atoms with Crippen molar-refractivity contribution in [3.8, 4) is 0 Å². The molecule has 3 aromatic carbocycles. The molecule has 0 radical (unpaired) electrons. The van der Waals surface area contributed by atoms with Crippen molar-refractivity contribution in [1.29, 1.82) is 0 Å². The van der Waals surface area contributed by atoms with Crippen molar-refractivity contribution in [1.82, 2.24) is 14.8 Å². The van der Waals surface area contributed by atoms with E-state index in [0.717, 1.165) is 43.6 Å². The molecule has 0 bridgehead atoms. The SMILES string of the molecule is O=C(c1cccc2cccnc12)N1CCN(Cc2cccc3ccccc23)CC1. The third-order valence-electron chi connectivity index (χ3n) is 5.80. The molecule has 0 saturated carbocycles. The molecule has 5 rings (SSSR count). The lowest BCUT2D eigenvalue weighted by atomic mass is 10.0. The van der Waals surface area contributed by atoms with Crippen LogP contribution in [0.1, 0.15) is 15.9 Å². The van der Waals surface area contributed by atoms with Crippen LogP contribution in [0.15, 0.2) is 79.0 Å². The Hall–Kier alpha value is -3.24. The highest BCUT2D eigenvalue weighted by molar-refractivity contribution is 6.05. The number of hydrogen-bond donors (Lipinski definition) is 0. The Labute approximate surface area is 170 Å². The van der Waals surface area contributed by atoms with E-state index in [1.54, 1.807) is 6.20 Å². The molecule has 1 fully saturated rings. The van der Waals surface area contributed by atoms with E-state index in [0.29, 0.717) is 5.56 Å². The quantitative estimate of drug-likeness (QED) is 0.529. The number of carbonyl (C=O) groups is 1. The topological polar surface area (TPSA) is 36.4 Å². The Kier molecular flexibility index (Phi) is 4.70. The summed E-state index contributed by atoms with van der Waals surface area (Å²) in [6.07, 6.45) is 1.75. The standard InChI is InChI=1S/C25H23N3O/c29-25(23-12-4-8-20-10-5-13-26-24(20)23)28-16-14-27(15-17-28)18-21-9-3-7-19-6-1-2-11-22(19)21/h1-13H,14-18H2. The highest BCUT2D eigenvalue weighted by atomic mass is 16.2. The van der Waals surface area contributed by atoms with Gasteiger partial charge in [-0.2, -0.15) is 0 Å². The van der Waals surface area contributed by atoms with E-state index in [1.165, 1.54) is 16.3 Å². The van der Waals surface area contributed by atoms with Gasteiger partial charge in [0.15, 0.2) is 0 Å². The van der Waals surface area contributed by atoms with Crippen LogP contribution in [-0.2, 0) is 6.54 Å². The smallest absolute Gasteiger partial charge is 0.256 e. The van der Waals surface area contributed by atoms with E-state index >= 15 is 0 Å². The largest absolute Gasteiger partial charge is 0.336 e. The maximum absolute atomic E-state index is 13.1. The molecule has 0 unspecified atom stereocenters. The maximum Gasteiger partial charge on any atom is 0.256 e. The molecule has 2 heterocycles. The van der Waals surface area contributed by atoms with Gasteiger partial charge < -0.3 is 4.90 Å². The van der Waals surface area contributed by atoms with Gasteiger partial charge in [0.1, 0.15) is 0 Å². The highest BCUT2D eigenvalue weighted by Crippen LogP contribution is 2.22. The summed E-state index contributed by atoms with van der Waals surface area (Å²) in [4.78, 5) is 22.0. The summed E-state index contributed by atoms with van der Waals surface area (Å²) in [5, 5.41) is 3.60. The molecule has 1 amide bonds. The van der Waals surface area contributed by atoms with Crippen molar-refractivity contribution in [2.75, 3.05) is 26.2 Å². The van der Waals surface area contributed by atoms with Crippen LogP contribution in [-0.4, -0.2) is 46.9 Å². The molecule has 4 nitrogen and oxygen atoms in total. The zero-order chi connectivity index (χ0) is 19.6. The van der Waals surface area contributed by atoms with Gasteiger partial charge in [-0.05, 0) is 28.5 Å². The zero-order valence-corrected chi connectivity index (χ0v) is 16.3. The average Bonchev–Trinajstić information content (AvgIpc) is 2.79. The van der Waals surface area contributed by atoms with Crippen molar-refractivity contribution in [3.05, 3.63) is 90.1 Å². The van der Waals surface area contributed by atoms with Crippen molar-refractivity contribution >= 4 is 27.6 Å². The first-order valence-corrected chi connectivity index (χ1v) is 10.1. The maximum atomic E-state index is 13.1. The van der Waals surface area contributed by atoms with E-state index in [1.807, 2.05) is 35.2 Å². The number of pyridine rings is 1. The number of carbonyl (C=O) groups excluding carboxylic acids is 1. The molecule has 0 atom stereocenters. The molecule has 0 spiro atoms. The summed E-state index contributed by atoms with van der Waals surface area (Å²) in [6.45, 7) is 4.17. The number of para-hydroxylation sites is 1. The van der Waals surface area contributed by atoms with Crippen LogP contribution in [0.5, 0.6) is 0 Å². The van der Waals surface area contributed by atoms with Crippen molar-refractivity contribution in [3.63, 3.8) is 0 Å². The molecule has 4 aromatic rings. The number of piperazine rings is 1. The first-order valence-electron chi connectivity index (χ1n) is 10.1. The van der Waals surface area contributed by atoms with Gasteiger partial charge in [0.2, 0.25) is 0 Å². The van der Waals surface area contributed by atoms with Crippen molar-refractivity contribution < 1.29 is 4.79 Å². The van der Waals surface area contributed by atoms with E-state index in [9.17, 15) is 4.79 Å². The van der Waals surface area contributed by atoms with Gasteiger partial charge in [0.05, 0.1) is 11.1 Å². The molecule has 1 aliphatic rings. The fraction of sp³-hybridized carbons (Fsp3) is 0.200. The third kappa shape index (κ3) is 3.47. The number of fused-ring (bicyclic) bond motifs is 2. The summed E-state index contributed by atoms with van der Waals surface area (Å²) in [6, 6.07) is 24.8. The van der Waals surface area contributed by atoms with Gasteiger partial charge in [-0.15, -0.1) is 0 Å². The lowest BCUT2D eigenvalue weighted by Gasteiger charge is -2.35. The number of amides is 1. The number of benzene rings is 3. The molecule has 1 aromatic heterocycles. The fourth-order valence-electron chi connectivity index (χ4n) is 4.23. The van der Waals surface area contributed by atoms with Crippen LogP contribution in [0.2, 0.25) is 0 Å². The Morgan fingerprint density at radius 2 is 1.52 bits per heavy atom. The van der Waals surface area contributed by atoms with Crippen LogP contribution < -0.4 is 0 Å². The van der Waals surface area contributed by atoms with E-state index in [2.05, 4.69) is 52.3 Å². The van der Waals surface area contributed by atoms with Gasteiger partial charge >= 0.3 is 0 Å². The second-order valence-electron chi connectivity index (χ2n) is 7.59. The minimum atomic E-state index is 0.0825. The fourth-order valence-corrected chi connectivity index (χ4v) is 4.23. The molecule has 29 heavy (non-hydrogen) atoms. The number of rotatable bonds is 3. The summed E-state index contributed by atoms with van der Waals surface area (Å²) < 4.78 is 0. The summed E-state index contributed by atoms with van der Waals surface area (Å²) >= 11 is 0. The molecule has 1 saturated heterocycles. The molecule has 4 heteroatoms. The second-order valence-corrected chi connectivity index (χ2v) is 7.59. The zero-order valence-electron chi connectivity index (χ0n) is 16.3. The van der Waals surface area contributed by atoms with Gasteiger partial charge in [0, 0.05) is 44.3 Å². The number of nitrogens with zero attached hydrogens (tertiary/aromatic N) is 3. The third-order valence-corrected chi connectivity index (χ3v) is 5.80. The van der Waals surface area contributed by atoms with E-state index in [4.69, 9.17) is 0 Å². The van der Waals surface area contributed by atoms with Gasteiger partial charge in [0.25, 0.3) is 5.91 Å². The monoisotopic (exact) mass is 381 g/mol. The highest BCUT2D eigenvalue weighted by Gasteiger charge is 2.24. The van der Waals surface area contributed by atoms with Crippen LogP contribution in [0, 0.1) is 0 Å². The van der Waals surface area contributed by atoms with Gasteiger partial charge in [-0.1, -0.05) is 60.7 Å². The van der Waals surface area contributed by atoms with Crippen LogP contribution in [0.25, 0.3) is 21.7 Å². The summed E-state index contributed by atoms with van der Waals surface area (Å²) in [7, 11) is 0. The van der Waals surface area contributed by atoms with Gasteiger partial charge in [-0.3, -0.25) is 14.7 Å². The average molecular weight is 381 g/mol. The van der Waals surface area contributed by atoms with E-state index < -0.39 is 0 Å². The van der Waals surface area contributed by atoms with Crippen molar-refractivity contribution in [2.45, 2.75) is 6.54 Å². The predicted octanol–water partition coefficient (Wildman–Crippen LogP) is 4.35. The lowest BCUT2D eigenvalue weighted by molar-refractivity contribution is 0.0630. The predicted molar refractivity (Wildman–Crippen MR) is 117 cm³/mol. The van der Waals surface area contributed by atoms with Crippen LogP contribution in [0.3, 0.4) is 0 Å². The van der Waals surface area contributed by atoms with E-state index in [-0.39, 0.29) is 5.91 Å². The molecule has 144 valence electrons. The Balaban J connectivity index is 1.29. The van der Waals surface area contributed by atoms with Crippen LogP contribution in [0.4, 0.5) is 0 Å². The van der Waals surface area contributed by atoms with Gasteiger partial charge in [-0.25, -0.2) is 0 Å². The Morgan fingerprint density at radius 1 is 0.793 bits per heavy atom. The number of aromatic nitrogens is 1. The normalized spacial score (nSPS) is 15.1. The van der Waals surface area contributed by atoms with Crippen LogP contribution >= 0.6 is 0 Å². The summed E-state index contributed by atoms with van der Waals surface area (Å²) in [5.41, 5.74) is 2.84. The molecule has 0 N–H and O–H groups in total. The molecule has 0 aliphatic carbocycles. The minimum absolute atomic E-state index is 0.0825. The Bertz CT molecular complexity index is 1170. The second kappa shape index (κ2) is 7.64.